The number of carboxylic acid groups (broad SMARTS) is 1. The van der Waals surface area contributed by atoms with Crippen LogP contribution in [0.5, 0.6) is 0 Å². The van der Waals surface area contributed by atoms with Crippen molar-refractivity contribution in [1.29, 1.82) is 0 Å². The SMILES string of the molecule is C=C[C@@H]1[C@H](CC(=O)O)C(C(=O)OC)=CC2(CCCC2)[C@H]1O[C@]1(CO)O[C@H](CO)[C@]23OC(CCCO)=c4[n-]c([C@H](C)C5CCCC5)cc4=C2CC[C@@]1(O)[C@H]3O. The van der Waals surface area contributed by atoms with Gasteiger partial charge in [-0.25, -0.2) is 4.79 Å². The molecule has 0 aromatic carbocycles. The van der Waals surface area contributed by atoms with E-state index in [1.165, 1.54) is 20.0 Å². The fourth-order valence-corrected chi connectivity index (χ4v) is 11.1. The number of fused-ring (bicyclic) bond motifs is 2. The summed E-state index contributed by atoms with van der Waals surface area (Å²) in [7, 11) is 1.24. The number of aliphatic hydroxyl groups excluding tert-OH is 4. The maximum Gasteiger partial charge on any atom is 0.333 e. The van der Waals surface area contributed by atoms with E-state index in [4.69, 9.17) is 23.9 Å². The molecule has 7 rings (SSSR count). The molecule has 54 heavy (non-hydrogen) atoms. The maximum atomic E-state index is 13.2. The minimum Gasteiger partial charge on any atom is -0.658 e. The lowest BCUT2D eigenvalue weighted by Crippen LogP contribution is -2.83. The van der Waals surface area contributed by atoms with Gasteiger partial charge in [-0.1, -0.05) is 56.2 Å². The summed E-state index contributed by atoms with van der Waals surface area (Å²) in [5, 5.41) is 69.2. The van der Waals surface area contributed by atoms with Gasteiger partial charge in [0.25, 0.3) is 0 Å². The number of aliphatic carboxylic acids is 1. The van der Waals surface area contributed by atoms with Gasteiger partial charge in [-0.15, -0.1) is 6.58 Å². The van der Waals surface area contributed by atoms with Gasteiger partial charge in [-0.3, -0.25) is 4.79 Å². The van der Waals surface area contributed by atoms with Crippen LogP contribution in [0.4, 0.5) is 0 Å². The Kier molecular flexibility index (Phi) is 10.7. The monoisotopic (exact) mass is 754 g/mol. The lowest BCUT2D eigenvalue weighted by molar-refractivity contribution is -0.439. The largest absolute Gasteiger partial charge is 0.658 e. The van der Waals surface area contributed by atoms with Gasteiger partial charge in [-0.05, 0) is 67.6 Å². The van der Waals surface area contributed by atoms with Crippen molar-refractivity contribution >= 4 is 23.3 Å². The molecule has 1 aromatic rings. The Labute approximate surface area is 315 Å². The number of hydrogen-bond donors (Lipinski definition) is 6. The van der Waals surface area contributed by atoms with Crippen LogP contribution < -0.4 is 15.6 Å². The first-order chi connectivity index (χ1) is 25.9. The molecule has 13 nitrogen and oxygen atoms in total. The standard InChI is InChI=1S/C41H56NO12/c1-4-25-26(19-33(46)47)28(36(48)51-3)20-38(14-7-8-15-38)35(25)54-40(22-45)39(50)16-13-29-27-18-30(23(2)24-10-5-6-11-24)42-34(27)31(12-9-17-43)52-41(29,37(39)49)32(21-44)53-40/h4,18,20,23-26,32,35,37,43-45,49-50H,1,5-17,19,21-22H2,2-3H3,(H,46,47)/q-1/t23-,25-,26+,32-,35+,37-,39-,40+,41-/m1/s1. The molecule has 6 N–H and O–H groups in total. The van der Waals surface area contributed by atoms with Crippen LogP contribution in [-0.2, 0) is 28.5 Å². The smallest absolute Gasteiger partial charge is 0.333 e. The first kappa shape index (κ1) is 39.2. The molecular weight excluding hydrogens is 698 g/mol. The fourth-order valence-electron chi connectivity index (χ4n) is 11.1. The molecule has 0 radical (unpaired) electrons. The number of aromatic nitrogens is 1. The number of rotatable bonds is 13. The molecule has 6 aliphatic rings. The summed E-state index contributed by atoms with van der Waals surface area (Å²) >= 11 is 0. The zero-order valence-electron chi connectivity index (χ0n) is 31.4. The van der Waals surface area contributed by atoms with Gasteiger partial charge in [0.2, 0.25) is 5.79 Å². The third-order valence-corrected chi connectivity index (χ3v) is 13.9. The van der Waals surface area contributed by atoms with Crippen LogP contribution in [0, 0.1) is 23.2 Å². The predicted molar refractivity (Wildman–Crippen MR) is 194 cm³/mol. The summed E-state index contributed by atoms with van der Waals surface area (Å²) in [5.74, 6) is -4.75. The van der Waals surface area contributed by atoms with E-state index in [0.29, 0.717) is 41.9 Å². The second-order valence-corrected chi connectivity index (χ2v) is 16.5. The maximum absolute atomic E-state index is 13.2. The number of hydrogen-bond acceptors (Lipinski definition) is 11. The van der Waals surface area contributed by atoms with Crippen molar-refractivity contribution in [2.45, 2.75) is 132 Å². The third kappa shape index (κ3) is 5.83. The minimum absolute atomic E-state index is 0.113. The molecule has 3 saturated carbocycles. The zero-order chi connectivity index (χ0) is 38.6. The summed E-state index contributed by atoms with van der Waals surface area (Å²) in [5.41, 5.74) is -3.19. The van der Waals surface area contributed by atoms with Crippen LogP contribution in [-0.4, -0.2) is 105 Å². The van der Waals surface area contributed by atoms with Crippen LogP contribution in [0.3, 0.4) is 0 Å². The van der Waals surface area contributed by atoms with Crippen LogP contribution in [0.2, 0.25) is 0 Å². The molecule has 3 heterocycles. The highest BCUT2D eigenvalue weighted by Crippen LogP contribution is 2.60. The van der Waals surface area contributed by atoms with Crippen LogP contribution in [0.15, 0.2) is 30.4 Å². The Hall–Kier alpha value is -3.04. The van der Waals surface area contributed by atoms with E-state index in [9.17, 15) is 40.2 Å². The number of aliphatic hydroxyl groups is 5. The number of nitrogens with zero attached hydrogens (tertiary/aromatic N) is 1. The Morgan fingerprint density at radius 3 is 2.46 bits per heavy atom. The number of carbonyl (C=O) groups is 2. The summed E-state index contributed by atoms with van der Waals surface area (Å²) < 4.78 is 25.5. The molecule has 0 unspecified atom stereocenters. The number of carboxylic acids is 1. The lowest BCUT2D eigenvalue weighted by Gasteiger charge is -2.65. The quantitative estimate of drug-likeness (QED) is 0.125. The van der Waals surface area contributed by atoms with Crippen molar-refractivity contribution in [3.8, 4) is 0 Å². The molecular formula is C41H56NO12-. The van der Waals surface area contributed by atoms with E-state index in [1.54, 1.807) is 12.2 Å². The normalized spacial score (nSPS) is 36.3. The average molecular weight is 755 g/mol. The number of carbonyl (C=O) groups excluding carboxylic acids is 1. The summed E-state index contributed by atoms with van der Waals surface area (Å²) in [6, 6.07) is 2.04. The topological polar surface area (TPSA) is 207 Å². The number of ether oxygens (including phenoxy) is 4. The lowest BCUT2D eigenvalue weighted by atomic mass is 9.60. The van der Waals surface area contributed by atoms with E-state index in [0.717, 1.165) is 36.6 Å². The zero-order valence-corrected chi connectivity index (χ0v) is 31.4. The highest BCUT2D eigenvalue weighted by atomic mass is 16.7. The molecule has 9 atom stereocenters. The fraction of sp³-hybridized carbons (Fsp3) is 0.707. The Morgan fingerprint density at radius 2 is 1.85 bits per heavy atom. The van der Waals surface area contributed by atoms with E-state index in [2.05, 4.69) is 13.5 Å². The van der Waals surface area contributed by atoms with Crippen molar-refractivity contribution < 1.29 is 59.2 Å². The minimum atomic E-state index is -2.32. The predicted octanol–water partition coefficient (Wildman–Crippen LogP) is 1.66. The summed E-state index contributed by atoms with van der Waals surface area (Å²) in [6.07, 6.45) is 6.73. The van der Waals surface area contributed by atoms with Crippen LogP contribution >= 0.6 is 0 Å². The summed E-state index contributed by atoms with van der Waals surface area (Å²) in [4.78, 5) is 30.4. The van der Waals surface area contributed by atoms with Crippen LogP contribution in [0.1, 0.15) is 102 Å². The molecule has 13 heteroatoms. The average Bonchev–Trinajstić information content (AvgIpc) is 3.96. The van der Waals surface area contributed by atoms with Gasteiger partial charge in [0.15, 0.2) is 11.2 Å². The van der Waals surface area contributed by atoms with Crippen molar-refractivity contribution in [2.24, 2.45) is 23.2 Å². The molecule has 2 aliphatic heterocycles. The first-order valence-corrected chi connectivity index (χ1v) is 19.7. The second kappa shape index (κ2) is 14.8. The molecule has 0 amide bonds. The van der Waals surface area contributed by atoms with Gasteiger partial charge in [0.1, 0.15) is 18.8 Å². The van der Waals surface area contributed by atoms with E-state index < -0.39 is 84.1 Å². The molecule has 2 spiro atoms. The van der Waals surface area contributed by atoms with Crippen LogP contribution in [0.25, 0.3) is 11.3 Å². The Balaban J connectivity index is 1.35. The van der Waals surface area contributed by atoms with E-state index >= 15 is 0 Å². The summed E-state index contributed by atoms with van der Waals surface area (Å²) in [6.45, 7) is 4.48. The van der Waals surface area contributed by atoms with Crippen molar-refractivity contribution in [2.75, 3.05) is 26.9 Å². The molecule has 2 bridgehead atoms. The molecule has 298 valence electrons. The molecule has 1 saturated heterocycles. The molecule has 1 aromatic heterocycles. The van der Waals surface area contributed by atoms with Gasteiger partial charge in [-0.2, -0.15) is 5.69 Å². The molecule has 4 aliphatic carbocycles. The van der Waals surface area contributed by atoms with Crippen molar-refractivity contribution in [3.05, 3.63) is 46.6 Å². The first-order valence-electron chi connectivity index (χ1n) is 19.7. The second-order valence-electron chi connectivity index (χ2n) is 16.5. The highest BCUT2D eigenvalue weighted by Gasteiger charge is 2.75. The Bertz CT molecular complexity index is 1770. The van der Waals surface area contributed by atoms with Gasteiger partial charge >= 0.3 is 11.9 Å². The van der Waals surface area contributed by atoms with Gasteiger partial charge in [0, 0.05) is 35.9 Å². The Morgan fingerprint density at radius 1 is 1.13 bits per heavy atom. The third-order valence-electron chi connectivity index (χ3n) is 13.9. The van der Waals surface area contributed by atoms with Gasteiger partial charge in [0.05, 0.1) is 32.0 Å². The number of esters is 1. The van der Waals surface area contributed by atoms with Crippen molar-refractivity contribution in [3.63, 3.8) is 0 Å². The molecule has 4 fully saturated rings. The van der Waals surface area contributed by atoms with E-state index in [1.807, 2.05) is 6.07 Å². The van der Waals surface area contributed by atoms with Gasteiger partial charge < -0.3 is 54.6 Å². The highest BCUT2D eigenvalue weighted by molar-refractivity contribution is 5.90. The van der Waals surface area contributed by atoms with E-state index in [-0.39, 0.29) is 37.4 Å². The van der Waals surface area contributed by atoms with Crippen molar-refractivity contribution in [1.82, 2.24) is 4.98 Å². The number of methoxy groups -OCH3 is 1.